The molecule has 2 N–H and O–H groups in total. The minimum absolute atomic E-state index is 0.125. The van der Waals surface area contributed by atoms with E-state index in [4.69, 9.17) is 5.73 Å². The average molecular weight is 138 g/mol. The number of hydrogen-bond donors (Lipinski definition) is 1. The lowest BCUT2D eigenvalue weighted by Crippen LogP contribution is -2.20. The van der Waals surface area contributed by atoms with Crippen LogP contribution in [0.1, 0.15) is 5.56 Å². The van der Waals surface area contributed by atoms with Gasteiger partial charge in [0.2, 0.25) is 0 Å². The van der Waals surface area contributed by atoms with Gasteiger partial charge < -0.3 is 10.3 Å². The van der Waals surface area contributed by atoms with Gasteiger partial charge in [0.05, 0.1) is 0 Å². The molecule has 1 aromatic rings. The first-order valence-corrected chi connectivity index (χ1v) is 3.04. The molecule has 0 atom stereocenters. The van der Waals surface area contributed by atoms with Crippen molar-refractivity contribution in [3.05, 3.63) is 28.2 Å². The summed E-state index contributed by atoms with van der Waals surface area (Å²) in [5.74, 6) is 0. The molecule has 0 saturated heterocycles. The Balaban J connectivity index is 3.50. The third-order valence-electron chi connectivity index (χ3n) is 1.52. The summed E-state index contributed by atoms with van der Waals surface area (Å²) < 4.78 is 1.46. The molecule has 0 saturated carbocycles. The molecular weight excluding hydrogens is 128 g/mol. The number of hydrogen-bond acceptors (Lipinski definition) is 2. The number of aromatic nitrogens is 1. The van der Waals surface area contributed by atoms with Crippen molar-refractivity contribution in [3.8, 4) is 0 Å². The van der Waals surface area contributed by atoms with E-state index in [0.717, 1.165) is 5.56 Å². The summed E-state index contributed by atoms with van der Waals surface area (Å²) in [6.45, 7) is 1.82. The highest BCUT2D eigenvalue weighted by Gasteiger charge is 1.97. The zero-order valence-electron chi connectivity index (χ0n) is 6.09. The quantitative estimate of drug-likeness (QED) is 0.559. The second-order valence-corrected chi connectivity index (χ2v) is 2.33. The number of anilines is 1. The minimum atomic E-state index is -0.125. The van der Waals surface area contributed by atoms with Crippen molar-refractivity contribution in [2.75, 3.05) is 5.73 Å². The van der Waals surface area contributed by atoms with Gasteiger partial charge in [-0.25, -0.2) is 0 Å². The fraction of sp³-hybridized carbons (Fsp3) is 0.286. The Kier molecular flexibility index (Phi) is 1.49. The van der Waals surface area contributed by atoms with Crippen LogP contribution in [0.25, 0.3) is 0 Å². The Morgan fingerprint density at radius 3 is 2.70 bits per heavy atom. The van der Waals surface area contributed by atoms with Gasteiger partial charge in [-0.1, -0.05) is 0 Å². The van der Waals surface area contributed by atoms with Crippen LogP contribution in [0.15, 0.2) is 17.1 Å². The Morgan fingerprint density at radius 1 is 1.60 bits per heavy atom. The van der Waals surface area contributed by atoms with Gasteiger partial charge in [-0.15, -0.1) is 0 Å². The molecule has 0 fully saturated rings. The predicted molar refractivity (Wildman–Crippen MR) is 40.8 cm³/mol. The van der Waals surface area contributed by atoms with E-state index in [-0.39, 0.29) is 5.56 Å². The smallest absolute Gasteiger partial charge is 0.273 e. The number of aryl methyl sites for hydroxylation is 2. The maximum atomic E-state index is 11.0. The monoisotopic (exact) mass is 138 g/mol. The van der Waals surface area contributed by atoms with Crippen LogP contribution in [0.2, 0.25) is 0 Å². The molecule has 0 unspecified atom stereocenters. The Morgan fingerprint density at radius 2 is 2.20 bits per heavy atom. The van der Waals surface area contributed by atoms with Gasteiger partial charge in [-0.3, -0.25) is 4.79 Å². The third kappa shape index (κ3) is 0.900. The van der Waals surface area contributed by atoms with Crippen molar-refractivity contribution >= 4 is 5.69 Å². The lowest BCUT2D eigenvalue weighted by Gasteiger charge is -2.00. The number of nitrogens with zero attached hydrogens (tertiary/aromatic N) is 1. The lowest BCUT2D eigenvalue weighted by molar-refractivity contribution is 0.860. The first kappa shape index (κ1) is 6.86. The van der Waals surface area contributed by atoms with Crippen LogP contribution in [0.3, 0.4) is 0 Å². The van der Waals surface area contributed by atoms with E-state index in [9.17, 15) is 4.79 Å². The van der Waals surface area contributed by atoms with E-state index in [1.165, 1.54) is 4.57 Å². The summed E-state index contributed by atoms with van der Waals surface area (Å²) in [4.78, 5) is 11.0. The van der Waals surface area contributed by atoms with Gasteiger partial charge in [0.15, 0.2) is 0 Å². The molecule has 0 radical (unpaired) electrons. The molecule has 1 aromatic heterocycles. The first-order valence-electron chi connectivity index (χ1n) is 3.04. The van der Waals surface area contributed by atoms with Crippen molar-refractivity contribution in [3.63, 3.8) is 0 Å². The molecule has 0 aliphatic rings. The van der Waals surface area contributed by atoms with Crippen molar-refractivity contribution in [2.24, 2.45) is 7.05 Å². The number of rotatable bonds is 0. The average Bonchev–Trinajstić information content (AvgIpc) is 1.93. The summed E-state index contributed by atoms with van der Waals surface area (Å²) in [5.41, 5.74) is 6.50. The number of pyridine rings is 1. The molecule has 0 amide bonds. The van der Waals surface area contributed by atoms with Crippen LogP contribution in [0, 0.1) is 6.92 Å². The van der Waals surface area contributed by atoms with Gasteiger partial charge >= 0.3 is 0 Å². The zero-order valence-corrected chi connectivity index (χ0v) is 6.09. The molecule has 0 aromatic carbocycles. The second kappa shape index (κ2) is 2.17. The van der Waals surface area contributed by atoms with E-state index < -0.39 is 0 Å². The molecule has 3 nitrogen and oxygen atoms in total. The molecule has 3 heteroatoms. The van der Waals surface area contributed by atoms with E-state index >= 15 is 0 Å². The van der Waals surface area contributed by atoms with E-state index in [0.29, 0.717) is 5.69 Å². The molecular formula is C7H10N2O. The van der Waals surface area contributed by atoms with Crippen molar-refractivity contribution < 1.29 is 0 Å². The number of nitrogen functional groups attached to an aromatic ring is 1. The van der Waals surface area contributed by atoms with Gasteiger partial charge in [0.25, 0.3) is 5.56 Å². The maximum absolute atomic E-state index is 11.0. The highest BCUT2D eigenvalue weighted by atomic mass is 16.1. The van der Waals surface area contributed by atoms with Crippen LogP contribution in [-0.4, -0.2) is 4.57 Å². The van der Waals surface area contributed by atoms with Crippen molar-refractivity contribution in [1.29, 1.82) is 0 Å². The van der Waals surface area contributed by atoms with Gasteiger partial charge in [0, 0.05) is 13.2 Å². The summed E-state index contributed by atoms with van der Waals surface area (Å²) in [6.07, 6.45) is 1.70. The predicted octanol–water partition coefficient (Wildman–Crippen LogP) is 0.276. The molecule has 54 valence electrons. The van der Waals surface area contributed by atoms with Gasteiger partial charge in [0.1, 0.15) is 5.69 Å². The first-order chi connectivity index (χ1) is 4.63. The molecule has 0 aliphatic carbocycles. The van der Waals surface area contributed by atoms with Crippen LogP contribution < -0.4 is 11.3 Å². The summed E-state index contributed by atoms with van der Waals surface area (Å²) in [7, 11) is 1.68. The fourth-order valence-corrected chi connectivity index (χ4v) is 0.740. The second-order valence-electron chi connectivity index (χ2n) is 2.33. The largest absolute Gasteiger partial charge is 0.394 e. The summed E-state index contributed by atoms with van der Waals surface area (Å²) >= 11 is 0. The van der Waals surface area contributed by atoms with Crippen LogP contribution in [0.4, 0.5) is 5.69 Å². The van der Waals surface area contributed by atoms with Crippen LogP contribution >= 0.6 is 0 Å². The molecule has 1 rings (SSSR count). The summed E-state index contributed by atoms with van der Waals surface area (Å²) in [5, 5.41) is 0. The van der Waals surface area contributed by atoms with E-state index in [1.54, 1.807) is 13.2 Å². The van der Waals surface area contributed by atoms with Crippen molar-refractivity contribution in [2.45, 2.75) is 6.92 Å². The normalized spacial score (nSPS) is 9.80. The SMILES string of the molecule is Cc1ccn(C)c(=O)c1N. The van der Waals surface area contributed by atoms with Crippen LogP contribution in [0.5, 0.6) is 0 Å². The minimum Gasteiger partial charge on any atom is -0.394 e. The molecule has 0 spiro atoms. The van der Waals surface area contributed by atoms with Gasteiger partial charge in [-0.05, 0) is 18.6 Å². The molecule has 0 aliphatic heterocycles. The fourth-order valence-electron chi connectivity index (χ4n) is 0.740. The van der Waals surface area contributed by atoms with Crippen LogP contribution in [-0.2, 0) is 7.05 Å². The molecule has 0 bridgehead atoms. The van der Waals surface area contributed by atoms with E-state index in [1.807, 2.05) is 13.0 Å². The Labute approximate surface area is 59.1 Å². The summed E-state index contributed by atoms with van der Waals surface area (Å²) in [6, 6.07) is 1.82. The zero-order chi connectivity index (χ0) is 7.72. The molecule has 10 heavy (non-hydrogen) atoms. The number of nitrogens with two attached hydrogens (primary N) is 1. The standard InChI is InChI=1S/C7H10N2O/c1-5-3-4-9(2)7(10)6(5)8/h3-4H,8H2,1-2H3. The Bertz CT molecular complexity index is 301. The molecule has 1 heterocycles. The lowest BCUT2D eigenvalue weighted by atomic mass is 10.2. The van der Waals surface area contributed by atoms with Crippen molar-refractivity contribution in [1.82, 2.24) is 4.57 Å². The maximum Gasteiger partial charge on any atom is 0.273 e. The highest BCUT2D eigenvalue weighted by Crippen LogP contribution is 2.00. The third-order valence-corrected chi connectivity index (χ3v) is 1.52. The highest BCUT2D eigenvalue weighted by molar-refractivity contribution is 5.42. The van der Waals surface area contributed by atoms with E-state index in [2.05, 4.69) is 0 Å². The van der Waals surface area contributed by atoms with Gasteiger partial charge in [-0.2, -0.15) is 0 Å². The topological polar surface area (TPSA) is 48.0 Å². The Hall–Kier alpha value is -1.25.